The summed E-state index contributed by atoms with van der Waals surface area (Å²) in [6.45, 7) is 3.55. The lowest BCUT2D eigenvalue weighted by Gasteiger charge is -2.29. The van der Waals surface area contributed by atoms with Gasteiger partial charge in [0.1, 0.15) is 0 Å². The van der Waals surface area contributed by atoms with Crippen molar-refractivity contribution in [2.75, 3.05) is 6.61 Å². The number of esters is 1. The molecular weight excluding hydrogens is 261 g/mol. The Hall–Kier alpha value is -0.780. The third-order valence-corrected chi connectivity index (χ3v) is 3.24. The van der Waals surface area contributed by atoms with E-state index in [0.717, 1.165) is 0 Å². The second kappa shape index (κ2) is 7.12. The minimum atomic E-state index is -4.19. The quantitative estimate of drug-likeness (QED) is 0.724. The molecule has 1 rings (SSSR count). The van der Waals surface area contributed by atoms with Gasteiger partial charge in [-0.05, 0) is 39.5 Å². The Morgan fingerprint density at radius 1 is 1.26 bits per heavy atom. The standard InChI is InChI=1S/C13H21F3O3/c1-3-18-12(17)10-4-6-11(7-5-10)19-9(2)8-13(14,15)16/h9-11H,3-8H2,1-2H3. The van der Waals surface area contributed by atoms with Crippen LogP contribution in [0.25, 0.3) is 0 Å². The summed E-state index contributed by atoms with van der Waals surface area (Å²) < 4.78 is 46.8. The van der Waals surface area contributed by atoms with Crippen molar-refractivity contribution in [1.82, 2.24) is 0 Å². The van der Waals surface area contributed by atoms with Crippen LogP contribution in [0.5, 0.6) is 0 Å². The Kier molecular flexibility index (Phi) is 6.10. The number of ether oxygens (including phenoxy) is 2. The van der Waals surface area contributed by atoms with Crippen molar-refractivity contribution in [2.45, 2.75) is 64.3 Å². The number of carbonyl (C=O) groups is 1. The summed E-state index contributed by atoms with van der Waals surface area (Å²) >= 11 is 0. The van der Waals surface area contributed by atoms with Gasteiger partial charge in [-0.2, -0.15) is 13.2 Å². The molecule has 19 heavy (non-hydrogen) atoms. The van der Waals surface area contributed by atoms with Gasteiger partial charge in [0.2, 0.25) is 0 Å². The molecule has 1 fully saturated rings. The van der Waals surface area contributed by atoms with Gasteiger partial charge in [0.05, 0.1) is 31.2 Å². The maximum atomic E-state index is 12.2. The van der Waals surface area contributed by atoms with Gasteiger partial charge in [0.15, 0.2) is 0 Å². The molecule has 0 aromatic carbocycles. The van der Waals surface area contributed by atoms with Crippen molar-refractivity contribution in [3.05, 3.63) is 0 Å². The van der Waals surface area contributed by atoms with Crippen LogP contribution in [0.3, 0.4) is 0 Å². The SMILES string of the molecule is CCOC(=O)C1CCC(OC(C)CC(F)(F)F)CC1. The highest BCUT2D eigenvalue weighted by Gasteiger charge is 2.33. The van der Waals surface area contributed by atoms with Crippen LogP contribution < -0.4 is 0 Å². The largest absolute Gasteiger partial charge is 0.466 e. The first kappa shape index (κ1) is 16.3. The van der Waals surface area contributed by atoms with Crippen LogP contribution in [-0.2, 0) is 14.3 Å². The number of halogens is 3. The molecule has 112 valence electrons. The Balaban J connectivity index is 2.28. The number of carbonyl (C=O) groups excluding carboxylic acids is 1. The number of alkyl halides is 3. The van der Waals surface area contributed by atoms with E-state index in [0.29, 0.717) is 32.3 Å². The summed E-state index contributed by atoms with van der Waals surface area (Å²) in [4.78, 5) is 11.5. The van der Waals surface area contributed by atoms with Gasteiger partial charge in [-0.15, -0.1) is 0 Å². The molecule has 0 bridgehead atoms. The van der Waals surface area contributed by atoms with Crippen LogP contribution in [0.1, 0.15) is 46.0 Å². The van der Waals surface area contributed by atoms with E-state index in [2.05, 4.69) is 0 Å². The summed E-state index contributed by atoms with van der Waals surface area (Å²) in [7, 11) is 0. The number of hydrogen-bond acceptors (Lipinski definition) is 3. The fraction of sp³-hybridized carbons (Fsp3) is 0.923. The Bertz CT molecular complexity index is 283. The smallest absolute Gasteiger partial charge is 0.391 e. The summed E-state index contributed by atoms with van der Waals surface area (Å²) in [6.07, 6.45) is -3.64. The van der Waals surface area contributed by atoms with E-state index >= 15 is 0 Å². The summed E-state index contributed by atoms with van der Waals surface area (Å²) in [6, 6.07) is 0. The monoisotopic (exact) mass is 282 g/mol. The van der Waals surface area contributed by atoms with Crippen LogP contribution in [0.15, 0.2) is 0 Å². The molecule has 1 aliphatic rings. The van der Waals surface area contributed by atoms with E-state index in [1.54, 1.807) is 6.92 Å². The third-order valence-electron chi connectivity index (χ3n) is 3.24. The van der Waals surface area contributed by atoms with Crippen molar-refractivity contribution >= 4 is 5.97 Å². The van der Waals surface area contributed by atoms with Crippen molar-refractivity contribution in [3.8, 4) is 0 Å². The van der Waals surface area contributed by atoms with Gasteiger partial charge in [0.25, 0.3) is 0 Å². The van der Waals surface area contributed by atoms with Crippen LogP contribution in [0.4, 0.5) is 13.2 Å². The molecule has 1 unspecified atom stereocenters. The molecule has 1 aliphatic carbocycles. The fourth-order valence-corrected chi connectivity index (χ4v) is 2.40. The average molecular weight is 282 g/mol. The van der Waals surface area contributed by atoms with Gasteiger partial charge < -0.3 is 9.47 Å². The van der Waals surface area contributed by atoms with Gasteiger partial charge in [-0.3, -0.25) is 4.79 Å². The maximum Gasteiger partial charge on any atom is 0.391 e. The second-order valence-electron chi connectivity index (χ2n) is 4.99. The summed E-state index contributed by atoms with van der Waals surface area (Å²) in [5.41, 5.74) is 0. The summed E-state index contributed by atoms with van der Waals surface area (Å²) in [5.74, 6) is -0.331. The average Bonchev–Trinajstić information content (AvgIpc) is 2.27. The molecule has 0 radical (unpaired) electrons. The van der Waals surface area contributed by atoms with E-state index in [-0.39, 0.29) is 18.0 Å². The number of rotatable bonds is 5. The lowest BCUT2D eigenvalue weighted by Crippen LogP contribution is -2.31. The highest BCUT2D eigenvalue weighted by Crippen LogP contribution is 2.30. The lowest BCUT2D eigenvalue weighted by atomic mass is 9.87. The zero-order valence-corrected chi connectivity index (χ0v) is 11.3. The zero-order valence-electron chi connectivity index (χ0n) is 11.3. The van der Waals surface area contributed by atoms with Crippen molar-refractivity contribution in [3.63, 3.8) is 0 Å². The van der Waals surface area contributed by atoms with Gasteiger partial charge in [0, 0.05) is 0 Å². The zero-order chi connectivity index (χ0) is 14.5. The first-order valence-corrected chi connectivity index (χ1v) is 6.70. The molecule has 0 aliphatic heterocycles. The fourth-order valence-electron chi connectivity index (χ4n) is 2.40. The first-order chi connectivity index (χ1) is 8.81. The van der Waals surface area contributed by atoms with E-state index in [9.17, 15) is 18.0 Å². The summed E-state index contributed by atoms with van der Waals surface area (Å²) in [5, 5.41) is 0. The highest BCUT2D eigenvalue weighted by molar-refractivity contribution is 5.72. The minimum Gasteiger partial charge on any atom is -0.466 e. The van der Waals surface area contributed by atoms with Crippen LogP contribution in [-0.4, -0.2) is 31.0 Å². The molecular formula is C13H21F3O3. The molecule has 0 aromatic rings. The molecule has 0 spiro atoms. The Morgan fingerprint density at radius 3 is 2.32 bits per heavy atom. The van der Waals surface area contributed by atoms with E-state index in [4.69, 9.17) is 9.47 Å². The second-order valence-corrected chi connectivity index (χ2v) is 4.99. The Labute approximate surface area is 111 Å². The van der Waals surface area contributed by atoms with Crippen molar-refractivity contribution in [1.29, 1.82) is 0 Å². The Morgan fingerprint density at radius 2 is 1.84 bits per heavy atom. The maximum absolute atomic E-state index is 12.2. The topological polar surface area (TPSA) is 35.5 Å². The molecule has 0 N–H and O–H groups in total. The molecule has 1 atom stereocenters. The number of hydrogen-bond donors (Lipinski definition) is 0. The molecule has 0 amide bonds. The molecule has 0 aromatic heterocycles. The van der Waals surface area contributed by atoms with Crippen LogP contribution in [0.2, 0.25) is 0 Å². The predicted molar refractivity (Wildman–Crippen MR) is 63.6 cm³/mol. The van der Waals surface area contributed by atoms with E-state index < -0.39 is 18.7 Å². The first-order valence-electron chi connectivity index (χ1n) is 6.70. The van der Waals surface area contributed by atoms with Crippen LogP contribution >= 0.6 is 0 Å². The van der Waals surface area contributed by atoms with Gasteiger partial charge in [-0.25, -0.2) is 0 Å². The molecule has 1 saturated carbocycles. The lowest BCUT2D eigenvalue weighted by molar-refractivity contribution is -0.167. The van der Waals surface area contributed by atoms with E-state index in [1.807, 2.05) is 0 Å². The molecule has 6 heteroatoms. The predicted octanol–water partition coefficient (Wildman–Crippen LogP) is 3.47. The normalized spacial score (nSPS) is 25.9. The minimum absolute atomic E-state index is 0.127. The highest BCUT2D eigenvalue weighted by atomic mass is 19.4. The molecule has 3 nitrogen and oxygen atoms in total. The van der Waals surface area contributed by atoms with E-state index in [1.165, 1.54) is 6.92 Å². The third kappa shape index (κ3) is 6.27. The molecule has 0 saturated heterocycles. The van der Waals surface area contributed by atoms with Crippen molar-refractivity contribution in [2.24, 2.45) is 5.92 Å². The molecule has 0 heterocycles. The van der Waals surface area contributed by atoms with Crippen molar-refractivity contribution < 1.29 is 27.4 Å². The van der Waals surface area contributed by atoms with Crippen LogP contribution in [0, 0.1) is 5.92 Å². The van der Waals surface area contributed by atoms with Gasteiger partial charge in [-0.1, -0.05) is 0 Å². The van der Waals surface area contributed by atoms with Gasteiger partial charge >= 0.3 is 12.1 Å².